The lowest BCUT2D eigenvalue weighted by Gasteiger charge is -2.56. The number of likely N-dealkylation sites (tertiary alicyclic amines) is 1. The molecule has 1 aliphatic heterocycles. The molecule has 138 valence electrons. The molecule has 1 N–H and O–H groups in total. The summed E-state index contributed by atoms with van der Waals surface area (Å²) < 4.78 is 0. The van der Waals surface area contributed by atoms with Crippen LogP contribution >= 0.6 is 0 Å². The highest BCUT2D eigenvalue weighted by Gasteiger charge is 2.53. The van der Waals surface area contributed by atoms with E-state index in [-0.39, 0.29) is 6.04 Å². The number of carbonyl (C=O) groups is 1. The fraction of sp³-hybridized carbons (Fsp3) is 0.409. The molecule has 1 heterocycles. The van der Waals surface area contributed by atoms with Gasteiger partial charge >= 0.3 is 0 Å². The zero-order valence-corrected chi connectivity index (χ0v) is 15.6. The molecule has 0 amide bonds. The summed E-state index contributed by atoms with van der Waals surface area (Å²) in [6.07, 6.45) is 0. The molecule has 2 aromatic carbocycles. The van der Waals surface area contributed by atoms with Crippen molar-refractivity contribution in [3.8, 4) is 0 Å². The second-order valence-electron chi connectivity index (χ2n) is 8.35. The lowest BCUT2D eigenvalue weighted by atomic mass is 9.66. The van der Waals surface area contributed by atoms with Crippen LogP contribution in [-0.2, 0) is 4.79 Å². The highest BCUT2D eigenvalue weighted by atomic mass is 16.4. The Morgan fingerprint density at radius 2 is 1.42 bits per heavy atom. The van der Waals surface area contributed by atoms with E-state index in [1.165, 1.54) is 0 Å². The number of aliphatic hydroxyl groups is 1. The van der Waals surface area contributed by atoms with Gasteiger partial charge in [0.15, 0.2) is 0 Å². The highest BCUT2D eigenvalue weighted by Crippen LogP contribution is 2.44. The molecule has 0 saturated carbocycles. The minimum atomic E-state index is -1.28. The van der Waals surface area contributed by atoms with Crippen LogP contribution in [0.2, 0.25) is 0 Å². The molecule has 0 aliphatic carbocycles. The van der Waals surface area contributed by atoms with Crippen molar-refractivity contribution in [2.45, 2.75) is 32.4 Å². The molecule has 0 radical (unpaired) electrons. The smallest absolute Gasteiger partial charge is 0.0985 e. The van der Waals surface area contributed by atoms with Crippen molar-refractivity contribution in [3.63, 3.8) is 0 Å². The van der Waals surface area contributed by atoms with Crippen LogP contribution in [0, 0.1) is 11.3 Å². The van der Waals surface area contributed by atoms with Gasteiger partial charge in [-0.2, -0.15) is 0 Å². The van der Waals surface area contributed by atoms with Crippen LogP contribution in [-0.4, -0.2) is 34.7 Å². The Labute approximate surface area is 155 Å². The fourth-order valence-corrected chi connectivity index (χ4v) is 4.29. The largest absolute Gasteiger partial charge is 0.550 e. The molecule has 1 saturated heterocycles. The minimum Gasteiger partial charge on any atom is -0.550 e. The van der Waals surface area contributed by atoms with Crippen LogP contribution in [0.5, 0.6) is 0 Å². The average molecular weight is 352 g/mol. The van der Waals surface area contributed by atoms with E-state index >= 15 is 0 Å². The van der Waals surface area contributed by atoms with Gasteiger partial charge in [-0.1, -0.05) is 81.4 Å². The van der Waals surface area contributed by atoms with E-state index in [2.05, 4.69) is 29.2 Å². The normalized spacial score (nSPS) is 18.3. The molecule has 2 aromatic rings. The summed E-state index contributed by atoms with van der Waals surface area (Å²) in [5.74, 6) is -2.10. The summed E-state index contributed by atoms with van der Waals surface area (Å²) >= 11 is 0. The topological polar surface area (TPSA) is 63.6 Å². The fourth-order valence-electron chi connectivity index (χ4n) is 4.29. The molecular weight excluding hydrogens is 326 g/mol. The SMILES string of the molecule is CC(C)(C)C(C(=O)[O-])C1(O)CN(C(c2ccccc2)c2ccccc2)C1. The van der Waals surface area contributed by atoms with E-state index < -0.39 is 22.9 Å². The molecule has 3 rings (SSSR count). The predicted octanol–water partition coefficient (Wildman–Crippen LogP) is 2.23. The highest BCUT2D eigenvalue weighted by molar-refractivity contribution is 5.70. The number of carbonyl (C=O) groups excluding carboxylic acids is 1. The first-order valence-electron chi connectivity index (χ1n) is 8.99. The van der Waals surface area contributed by atoms with E-state index in [9.17, 15) is 15.0 Å². The third-order valence-corrected chi connectivity index (χ3v) is 5.19. The van der Waals surface area contributed by atoms with Gasteiger partial charge in [-0.15, -0.1) is 0 Å². The molecule has 0 spiro atoms. The summed E-state index contributed by atoms with van der Waals surface area (Å²) in [4.78, 5) is 13.8. The zero-order valence-electron chi connectivity index (χ0n) is 15.6. The second-order valence-corrected chi connectivity index (χ2v) is 8.35. The first-order chi connectivity index (χ1) is 12.2. The van der Waals surface area contributed by atoms with Gasteiger partial charge in [0, 0.05) is 25.0 Å². The minimum absolute atomic E-state index is 0.0138. The van der Waals surface area contributed by atoms with Gasteiger partial charge in [0.1, 0.15) is 0 Å². The van der Waals surface area contributed by atoms with E-state index in [4.69, 9.17) is 0 Å². The summed E-state index contributed by atoms with van der Waals surface area (Å²) in [5, 5.41) is 22.7. The van der Waals surface area contributed by atoms with Crippen molar-refractivity contribution in [2.75, 3.05) is 13.1 Å². The van der Waals surface area contributed by atoms with Crippen LogP contribution in [0.4, 0.5) is 0 Å². The maximum Gasteiger partial charge on any atom is 0.0985 e. The Morgan fingerprint density at radius 3 is 1.77 bits per heavy atom. The predicted molar refractivity (Wildman–Crippen MR) is 99.2 cm³/mol. The number of carboxylic acid groups (broad SMARTS) is 1. The summed E-state index contributed by atoms with van der Waals surface area (Å²) in [7, 11) is 0. The van der Waals surface area contributed by atoms with Crippen LogP contribution < -0.4 is 5.11 Å². The van der Waals surface area contributed by atoms with E-state index in [0.29, 0.717) is 13.1 Å². The van der Waals surface area contributed by atoms with Crippen molar-refractivity contribution in [3.05, 3.63) is 71.8 Å². The molecule has 0 bridgehead atoms. The monoisotopic (exact) mass is 352 g/mol. The second kappa shape index (κ2) is 6.86. The van der Waals surface area contributed by atoms with Crippen LogP contribution in [0.3, 0.4) is 0 Å². The Kier molecular flexibility index (Phi) is 4.91. The number of rotatable bonds is 5. The first-order valence-corrected chi connectivity index (χ1v) is 8.99. The number of aliphatic carboxylic acids is 1. The third-order valence-electron chi connectivity index (χ3n) is 5.19. The molecule has 4 nitrogen and oxygen atoms in total. The van der Waals surface area contributed by atoms with E-state index in [1.807, 2.05) is 57.2 Å². The van der Waals surface area contributed by atoms with Gasteiger partial charge in [0.25, 0.3) is 0 Å². The number of benzene rings is 2. The van der Waals surface area contributed by atoms with Crippen LogP contribution in [0.25, 0.3) is 0 Å². The van der Waals surface area contributed by atoms with Crippen molar-refractivity contribution in [1.82, 2.24) is 4.90 Å². The Balaban J connectivity index is 1.89. The number of hydrogen-bond donors (Lipinski definition) is 1. The van der Waals surface area contributed by atoms with Gasteiger partial charge in [0.2, 0.25) is 0 Å². The zero-order chi connectivity index (χ0) is 18.9. The lowest BCUT2D eigenvalue weighted by Crippen LogP contribution is -2.70. The van der Waals surface area contributed by atoms with Gasteiger partial charge < -0.3 is 15.0 Å². The molecule has 0 aromatic heterocycles. The summed E-state index contributed by atoms with van der Waals surface area (Å²) in [6.45, 7) is 6.11. The maximum absolute atomic E-state index is 11.7. The number of carboxylic acids is 1. The number of hydrogen-bond acceptors (Lipinski definition) is 4. The average Bonchev–Trinajstić information content (AvgIpc) is 2.54. The van der Waals surface area contributed by atoms with Crippen LogP contribution in [0.1, 0.15) is 37.9 Å². The van der Waals surface area contributed by atoms with Crippen molar-refractivity contribution in [1.29, 1.82) is 0 Å². The number of β-amino-alcohol motifs (C(OH)–C–C–N with tert-alkyl or cyclic N) is 1. The Bertz CT molecular complexity index is 706. The number of nitrogens with zero attached hydrogens (tertiary/aromatic N) is 1. The molecule has 4 heteroatoms. The van der Waals surface area contributed by atoms with Crippen molar-refractivity contribution < 1.29 is 15.0 Å². The Morgan fingerprint density at radius 1 is 1.00 bits per heavy atom. The quantitative estimate of drug-likeness (QED) is 0.896. The van der Waals surface area contributed by atoms with Gasteiger partial charge in [-0.3, -0.25) is 4.90 Å². The standard InChI is InChI=1S/C22H27NO3/c1-21(2,3)19(20(24)25)22(26)14-23(15-22)18(16-10-6-4-7-11-16)17-12-8-5-9-13-17/h4-13,18-19,26H,14-15H2,1-3H3,(H,24,25)/p-1. The summed E-state index contributed by atoms with van der Waals surface area (Å²) in [5.41, 5.74) is 0.399. The molecule has 1 aliphatic rings. The van der Waals surface area contributed by atoms with Crippen LogP contribution in [0.15, 0.2) is 60.7 Å². The molecule has 26 heavy (non-hydrogen) atoms. The Hall–Kier alpha value is -2.17. The molecule has 1 unspecified atom stereocenters. The third kappa shape index (κ3) is 3.53. The van der Waals surface area contributed by atoms with Gasteiger partial charge in [-0.05, 0) is 16.5 Å². The van der Waals surface area contributed by atoms with E-state index in [0.717, 1.165) is 11.1 Å². The lowest BCUT2D eigenvalue weighted by molar-refractivity contribution is -0.327. The van der Waals surface area contributed by atoms with Crippen molar-refractivity contribution >= 4 is 5.97 Å². The maximum atomic E-state index is 11.7. The molecule has 1 fully saturated rings. The van der Waals surface area contributed by atoms with Gasteiger partial charge in [0.05, 0.1) is 11.6 Å². The molecule has 1 atom stereocenters. The molecular formula is C22H26NO3-. The van der Waals surface area contributed by atoms with E-state index in [1.54, 1.807) is 0 Å². The first kappa shape index (κ1) is 18.6. The van der Waals surface area contributed by atoms with Crippen molar-refractivity contribution in [2.24, 2.45) is 11.3 Å². The van der Waals surface area contributed by atoms with Gasteiger partial charge in [-0.25, -0.2) is 0 Å². The summed E-state index contributed by atoms with van der Waals surface area (Å²) in [6, 6.07) is 20.2.